The molecule has 0 unspecified atom stereocenters. The number of rotatable bonds is 16. The first-order chi connectivity index (χ1) is 54.8. The van der Waals surface area contributed by atoms with Gasteiger partial charge in [0.1, 0.15) is 0 Å². The van der Waals surface area contributed by atoms with Gasteiger partial charge in [-0.2, -0.15) is 0 Å². The van der Waals surface area contributed by atoms with Gasteiger partial charge in [0, 0.05) is 0 Å². The molecule has 0 spiro atoms. The molecule has 0 saturated heterocycles. The first-order valence-corrected chi connectivity index (χ1v) is 35.3. The smallest absolute Gasteiger partial charge is 0.335 e. The van der Waals surface area contributed by atoms with Crippen LogP contribution in [0.4, 0.5) is 22.7 Å². The second-order valence-corrected chi connectivity index (χ2v) is 27.2. The highest BCUT2D eigenvalue weighted by Crippen LogP contribution is 2.51. The third-order valence-electron chi connectivity index (χ3n) is 20.6. The van der Waals surface area contributed by atoms with E-state index in [9.17, 15) is 79.2 Å². The van der Waals surface area contributed by atoms with E-state index < -0.39 is 47.8 Å². The zero-order valence-corrected chi connectivity index (χ0v) is 59.7. The van der Waals surface area contributed by atoms with Gasteiger partial charge in [-0.1, -0.05) is 146 Å². The molecule has 0 fully saturated rings. The number of hydrogen-bond donors (Lipinski definition) is 12. The number of benzene rings is 17. The van der Waals surface area contributed by atoms with Crippen molar-refractivity contribution in [2.45, 2.75) is 0 Å². The van der Waals surface area contributed by atoms with Crippen molar-refractivity contribution < 1.29 is 79.2 Å². The second kappa shape index (κ2) is 29.4. The van der Waals surface area contributed by atoms with Gasteiger partial charge in [0.15, 0.2) is 0 Å². The molecule has 0 amide bonds. The average molecular weight is 1500 g/mol. The van der Waals surface area contributed by atoms with Crippen LogP contribution in [0.5, 0.6) is 0 Å². The molecule has 17 aromatic rings. The molecular formula is C94H62N4O16. The molecule has 0 aliphatic heterocycles. The van der Waals surface area contributed by atoms with Gasteiger partial charge in [-0.15, -0.1) is 0 Å². The Kier molecular flexibility index (Phi) is 18.9. The van der Waals surface area contributed by atoms with Gasteiger partial charge < -0.3 is 63.8 Å². The number of carboxylic acids is 8. The van der Waals surface area contributed by atoms with Crippen LogP contribution in [0.15, 0.2) is 279 Å². The van der Waals surface area contributed by atoms with Crippen LogP contribution in [0.1, 0.15) is 82.9 Å². The fraction of sp³-hybridized carbons (Fsp3) is 0. The lowest BCUT2D eigenvalue weighted by Crippen LogP contribution is -2.00. The molecule has 0 aliphatic rings. The van der Waals surface area contributed by atoms with Crippen LogP contribution in [0, 0.1) is 0 Å². The normalized spacial score (nSPS) is 11.2. The zero-order chi connectivity index (χ0) is 80.2. The molecular weight excluding hydrogens is 1440 g/mol. The standard InChI is InChI=1S/2C44H26O8.C6H10N4/c2*45-41(46)27-9-1-23(2-10-27)35-21-36(24-3-11-28(12-4-24)42(47)48)32-19-20-34-38(26-7-15-30(16-8-26)44(51)52)22-37(25-5-13-29(14-6-25)43(49)50)33-18-17-31(35)39(32)40(33)34;7-3-1-4(8)6(10)2-5(3)9/h2*1-22H,(H,45,46)(H,47,48)(H,49,50)(H,51,52);1-2H,7-10H2. The highest BCUT2D eigenvalue weighted by Gasteiger charge is 2.26. The Morgan fingerprint density at radius 1 is 0.158 bits per heavy atom. The number of aromatic carboxylic acids is 8. The van der Waals surface area contributed by atoms with E-state index in [2.05, 4.69) is 0 Å². The maximum atomic E-state index is 11.7. The third-order valence-corrected chi connectivity index (χ3v) is 20.6. The minimum Gasteiger partial charge on any atom is -0.478 e. The number of carboxylic acid groups (broad SMARTS) is 8. The topological polar surface area (TPSA) is 402 Å². The lowest BCUT2D eigenvalue weighted by atomic mass is 9.81. The first-order valence-electron chi connectivity index (χ1n) is 35.3. The van der Waals surface area contributed by atoms with Crippen molar-refractivity contribution in [1.82, 2.24) is 0 Å². The molecule has 17 rings (SSSR count). The number of nitrogens with two attached hydrogens (primary N) is 4. The minimum absolute atomic E-state index is 0.156. The molecule has 20 nitrogen and oxygen atoms in total. The highest BCUT2D eigenvalue weighted by atomic mass is 16.4. The average Bonchev–Trinajstić information content (AvgIpc) is 0.712. The Bertz CT molecular complexity index is 5640. The van der Waals surface area contributed by atoms with Gasteiger partial charge in [-0.25, -0.2) is 38.4 Å². The summed E-state index contributed by atoms with van der Waals surface area (Å²) in [6.07, 6.45) is 0. The van der Waals surface area contributed by atoms with Gasteiger partial charge in [-0.3, -0.25) is 0 Å². The molecule has 554 valence electrons. The van der Waals surface area contributed by atoms with Crippen LogP contribution < -0.4 is 22.9 Å². The molecule has 0 heterocycles. The lowest BCUT2D eigenvalue weighted by molar-refractivity contribution is 0.0686. The SMILES string of the molecule is Nc1cc(N)c(N)cc1N.O=C(O)c1ccc(-c2cc(-c3ccc(C(=O)O)cc3)c3ccc4c(-c5ccc(C(=O)O)cc5)cc(-c5ccc(C(=O)O)cc5)c5ccc2c3c54)cc1.O=C(O)c1ccc(-c2cc(-c3ccc(C(=O)O)cc3)c3ccc4c(-c5ccc(C(=O)O)cc5)cc(-c5ccc(C(=O)O)cc5)c5ccc2c3c54)cc1. The molecule has 20 heteroatoms. The zero-order valence-electron chi connectivity index (χ0n) is 59.7. The molecule has 0 aliphatic carbocycles. The van der Waals surface area contributed by atoms with Crippen LogP contribution in [-0.4, -0.2) is 88.6 Å². The van der Waals surface area contributed by atoms with Crippen LogP contribution >= 0.6 is 0 Å². The summed E-state index contributed by atoms with van der Waals surface area (Å²) < 4.78 is 0. The van der Waals surface area contributed by atoms with E-state index in [0.717, 1.165) is 154 Å². The molecule has 16 N–H and O–H groups in total. The largest absolute Gasteiger partial charge is 0.478 e. The fourth-order valence-electron chi connectivity index (χ4n) is 14.9. The van der Waals surface area contributed by atoms with E-state index in [1.807, 2.05) is 72.8 Å². The van der Waals surface area contributed by atoms with Gasteiger partial charge >= 0.3 is 47.8 Å². The van der Waals surface area contributed by atoms with E-state index in [0.29, 0.717) is 22.7 Å². The minimum atomic E-state index is -1.03. The van der Waals surface area contributed by atoms with Gasteiger partial charge in [0.05, 0.1) is 67.3 Å². The van der Waals surface area contributed by atoms with E-state index in [-0.39, 0.29) is 44.5 Å². The number of carbonyl (C=O) groups is 8. The van der Waals surface area contributed by atoms with Crippen molar-refractivity contribution in [3.8, 4) is 89.0 Å². The molecule has 0 atom stereocenters. The lowest BCUT2D eigenvalue weighted by Gasteiger charge is -2.21. The van der Waals surface area contributed by atoms with Crippen molar-refractivity contribution in [3.63, 3.8) is 0 Å². The molecule has 0 radical (unpaired) electrons. The Labute approximate surface area is 646 Å². The monoisotopic (exact) mass is 1500 g/mol. The van der Waals surface area contributed by atoms with E-state index in [4.69, 9.17) is 22.9 Å². The first kappa shape index (κ1) is 73.3. The Morgan fingerprint density at radius 3 is 0.360 bits per heavy atom. The molecule has 114 heavy (non-hydrogen) atoms. The summed E-state index contributed by atoms with van der Waals surface area (Å²) in [6.45, 7) is 0. The van der Waals surface area contributed by atoms with Crippen molar-refractivity contribution in [2.24, 2.45) is 0 Å². The molecule has 17 aromatic carbocycles. The number of nitrogen functional groups attached to an aromatic ring is 4. The van der Waals surface area contributed by atoms with Crippen LogP contribution in [0.25, 0.3) is 154 Å². The molecule has 0 saturated carbocycles. The Hall–Kier alpha value is -16.2. The van der Waals surface area contributed by atoms with Crippen molar-refractivity contribution in [3.05, 3.63) is 324 Å². The summed E-state index contributed by atoms with van der Waals surface area (Å²) in [4.78, 5) is 93.6. The third kappa shape index (κ3) is 13.6. The predicted molar refractivity (Wildman–Crippen MR) is 444 cm³/mol. The maximum absolute atomic E-state index is 11.7. The Balaban J connectivity index is 0.000000160. The number of anilines is 4. The van der Waals surface area contributed by atoms with Gasteiger partial charge in [-0.05, 0) is 287 Å². The summed E-state index contributed by atoms with van der Waals surface area (Å²) in [5, 5.41) is 87.7. The maximum Gasteiger partial charge on any atom is 0.335 e. The summed E-state index contributed by atoms with van der Waals surface area (Å²) >= 11 is 0. The fourth-order valence-corrected chi connectivity index (χ4v) is 14.9. The molecule has 0 aromatic heterocycles. The Morgan fingerprint density at radius 2 is 0.263 bits per heavy atom. The van der Waals surface area contributed by atoms with Gasteiger partial charge in [0.2, 0.25) is 0 Å². The molecule has 0 bridgehead atoms. The second-order valence-electron chi connectivity index (χ2n) is 27.2. The van der Waals surface area contributed by atoms with E-state index >= 15 is 0 Å². The van der Waals surface area contributed by atoms with E-state index in [1.165, 1.54) is 0 Å². The van der Waals surface area contributed by atoms with Crippen molar-refractivity contribution in [1.29, 1.82) is 0 Å². The number of hydrogen-bond acceptors (Lipinski definition) is 12. The summed E-state index contributed by atoms with van der Waals surface area (Å²) in [6, 6.07) is 81.0. The predicted octanol–water partition coefficient (Wildman–Crippen LogP) is 20.1. The van der Waals surface area contributed by atoms with Crippen molar-refractivity contribution >= 4 is 135 Å². The van der Waals surface area contributed by atoms with Crippen LogP contribution in [0.2, 0.25) is 0 Å². The van der Waals surface area contributed by atoms with Crippen LogP contribution in [-0.2, 0) is 0 Å². The van der Waals surface area contributed by atoms with Crippen LogP contribution in [0.3, 0.4) is 0 Å². The summed E-state index contributed by atoms with van der Waals surface area (Å²) in [5.41, 5.74) is 37.9. The highest BCUT2D eigenvalue weighted by molar-refractivity contribution is 6.34. The summed E-state index contributed by atoms with van der Waals surface area (Å²) in [5.74, 6) is -8.27. The summed E-state index contributed by atoms with van der Waals surface area (Å²) in [7, 11) is 0. The quantitative estimate of drug-likeness (QED) is 0.0316. The van der Waals surface area contributed by atoms with Crippen molar-refractivity contribution in [2.75, 3.05) is 22.9 Å². The van der Waals surface area contributed by atoms with Gasteiger partial charge in [0.25, 0.3) is 0 Å². The van der Waals surface area contributed by atoms with E-state index in [1.54, 1.807) is 206 Å².